The molecule has 0 unspecified atom stereocenters. The Morgan fingerprint density at radius 3 is 2.78 bits per heavy atom. The Balaban J connectivity index is 1.66. The summed E-state index contributed by atoms with van der Waals surface area (Å²) in [5.41, 5.74) is 5.21. The average Bonchev–Trinajstić information content (AvgIpc) is 3.26. The normalized spacial score (nSPS) is 10.8. The van der Waals surface area contributed by atoms with Crippen LogP contribution in [0.1, 0.15) is 10.4 Å². The molecule has 0 bridgehead atoms. The molecule has 3 nitrogen and oxygen atoms in total. The number of anilines is 1. The number of nitrogens with zero attached hydrogens (tertiary/aromatic N) is 1. The monoisotopic (exact) mass is 336 g/mol. The highest BCUT2D eigenvalue weighted by atomic mass is 32.1. The van der Waals surface area contributed by atoms with E-state index in [1.807, 2.05) is 53.9 Å². The molecule has 2 aromatic heterocycles. The van der Waals surface area contributed by atoms with E-state index in [2.05, 4.69) is 16.4 Å². The van der Waals surface area contributed by atoms with Gasteiger partial charge in [-0.1, -0.05) is 24.3 Å². The van der Waals surface area contributed by atoms with Gasteiger partial charge in [0.05, 0.1) is 15.7 Å². The summed E-state index contributed by atoms with van der Waals surface area (Å²) in [4.78, 5) is 18.0. The van der Waals surface area contributed by atoms with Crippen molar-refractivity contribution in [3.8, 4) is 10.4 Å². The highest BCUT2D eigenvalue weighted by Crippen LogP contribution is 2.31. The zero-order valence-electron chi connectivity index (χ0n) is 12.0. The molecule has 23 heavy (non-hydrogen) atoms. The van der Waals surface area contributed by atoms with Crippen molar-refractivity contribution in [1.82, 2.24) is 4.98 Å². The molecule has 5 heteroatoms. The number of carbonyl (C=O) groups excluding carboxylic acids is 1. The molecule has 0 fully saturated rings. The molecule has 2 aromatic carbocycles. The number of fused-ring (bicyclic) bond motifs is 1. The summed E-state index contributed by atoms with van der Waals surface area (Å²) in [5.74, 6) is -0.107. The fraction of sp³-hybridized carbons (Fsp3) is 0. The van der Waals surface area contributed by atoms with Gasteiger partial charge >= 0.3 is 0 Å². The Hall–Kier alpha value is -2.50. The lowest BCUT2D eigenvalue weighted by Gasteiger charge is -2.10. The maximum Gasteiger partial charge on any atom is 0.255 e. The van der Waals surface area contributed by atoms with Crippen LogP contribution in [0.3, 0.4) is 0 Å². The summed E-state index contributed by atoms with van der Waals surface area (Å²) in [6, 6.07) is 17.5. The highest BCUT2D eigenvalue weighted by molar-refractivity contribution is 7.16. The van der Waals surface area contributed by atoms with Gasteiger partial charge in [0, 0.05) is 21.7 Å². The number of aromatic nitrogens is 1. The number of para-hydroxylation sites is 1. The first-order valence-electron chi connectivity index (χ1n) is 7.09. The predicted molar refractivity (Wildman–Crippen MR) is 97.3 cm³/mol. The number of amides is 1. The van der Waals surface area contributed by atoms with E-state index in [0.717, 1.165) is 26.3 Å². The standard InChI is InChI=1S/C18H12N2OS2/c21-18(12-7-8-15-17(10-12)23-11-19-15)20-14-5-2-1-4-13(14)16-6-3-9-22-16/h1-11H,(H,20,21). The van der Waals surface area contributed by atoms with E-state index >= 15 is 0 Å². The molecule has 0 radical (unpaired) electrons. The van der Waals surface area contributed by atoms with Gasteiger partial charge in [-0.15, -0.1) is 22.7 Å². The van der Waals surface area contributed by atoms with Crippen molar-refractivity contribution in [3.63, 3.8) is 0 Å². The summed E-state index contributed by atoms with van der Waals surface area (Å²) >= 11 is 3.20. The molecule has 1 amide bonds. The average molecular weight is 336 g/mol. The second kappa shape index (κ2) is 5.95. The summed E-state index contributed by atoms with van der Waals surface area (Å²) in [5, 5.41) is 5.06. The Morgan fingerprint density at radius 1 is 1.00 bits per heavy atom. The number of thiazole rings is 1. The maximum absolute atomic E-state index is 12.6. The SMILES string of the molecule is O=C(Nc1ccccc1-c1cccs1)c1ccc2ncsc2c1. The van der Waals surface area contributed by atoms with E-state index in [4.69, 9.17) is 0 Å². The van der Waals surface area contributed by atoms with E-state index < -0.39 is 0 Å². The molecular weight excluding hydrogens is 324 g/mol. The van der Waals surface area contributed by atoms with Crippen LogP contribution in [-0.4, -0.2) is 10.9 Å². The zero-order valence-corrected chi connectivity index (χ0v) is 13.7. The lowest BCUT2D eigenvalue weighted by molar-refractivity contribution is 0.102. The highest BCUT2D eigenvalue weighted by Gasteiger charge is 2.11. The third-order valence-corrected chi connectivity index (χ3v) is 5.25. The quantitative estimate of drug-likeness (QED) is 0.553. The summed E-state index contributed by atoms with van der Waals surface area (Å²) < 4.78 is 1.02. The smallest absolute Gasteiger partial charge is 0.255 e. The first-order valence-corrected chi connectivity index (χ1v) is 8.85. The Labute approximate surface area is 141 Å². The molecule has 0 aliphatic rings. The molecule has 0 saturated heterocycles. The van der Waals surface area contributed by atoms with Gasteiger partial charge in [-0.25, -0.2) is 4.98 Å². The number of nitrogens with one attached hydrogen (secondary N) is 1. The topological polar surface area (TPSA) is 42.0 Å². The molecule has 2 heterocycles. The molecule has 0 aliphatic heterocycles. The molecule has 1 N–H and O–H groups in total. The first kappa shape index (κ1) is 14.1. The first-order chi connectivity index (χ1) is 11.3. The van der Waals surface area contributed by atoms with Crippen LogP contribution in [0.25, 0.3) is 20.7 Å². The fourth-order valence-electron chi connectivity index (χ4n) is 2.43. The van der Waals surface area contributed by atoms with Crippen LogP contribution < -0.4 is 5.32 Å². The molecule has 4 aromatic rings. The van der Waals surface area contributed by atoms with Gasteiger partial charge in [-0.2, -0.15) is 0 Å². The van der Waals surface area contributed by atoms with Gasteiger partial charge < -0.3 is 5.32 Å². The van der Waals surface area contributed by atoms with Crippen LogP contribution in [0, 0.1) is 0 Å². The molecule has 0 atom stereocenters. The Kier molecular flexibility index (Phi) is 3.65. The van der Waals surface area contributed by atoms with Crippen LogP contribution in [0.2, 0.25) is 0 Å². The van der Waals surface area contributed by atoms with Crippen LogP contribution >= 0.6 is 22.7 Å². The fourth-order valence-corrected chi connectivity index (χ4v) is 3.91. The van der Waals surface area contributed by atoms with E-state index in [-0.39, 0.29) is 5.91 Å². The second-order valence-electron chi connectivity index (χ2n) is 5.01. The summed E-state index contributed by atoms with van der Waals surface area (Å²) in [7, 11) is 0. The van der Waals surface area contributed by atoms with Gasteiger partial charge in [-0.3, -0.25) is 4.79 Å². The minimum atomic E-state index is -0.107. The molecule has 0 aliphatic carbocycles. The van der Waals surface area contributed by atoms with E-state index in [1.165, 1.54) is 11.3 Å². The molecular formula is C18H12N2OS2. The Bertz CT molecular complexity index is 974. The van der Waals surface area contributed by atoms with Gasteiger partial charge in [0.25, 0.3) is 5.91 Å². The van der Waals surface area contributed by atoms with Crippen molar-refractivity contribution in [1.29, 1.82) is 0 Å². The van der Waals surface area contributed by atoms with Gasteiger partial charge in [-0.05, 0) is 35.7 Å². The van der Waals surface area contributed by atoms with Crippen LogP contribution in [0.4, 0.5) is 5.69 Å². The van der Waals surface area contributed by atoms with Crippen molar-refractivity contribution >= 4 is 44.5 Å². The number of carbonyl (C=O) groups is 1. The number of thiophene rings is 1. The zero-order chi connectivity index (χ0) is 15.6. The van der Waals surface area contributed by atoms with Crippen molar-refractivity contribution in [2.24, 2.45) is 0 Å². The number of hydrogen-bond donors (Lipinski definition) is 1. The number of benzene rings is 2. The predicted octanol–water partition coefficient (Wildman–Crippen LogP) is 5.28. The van der Waals surface area contributed by atoms with E-state index in [9.17, 15) is 4.79 Å². The van der Waals surface area contributed by atoms with Crippen molar-refractivity contribution in [2.75, 3.05) is 5.32 Å². The lowest BCUT2D eigenvalue weighted by Crippen LogP contribution is -2.12. The van der Waals surface area contributed by atoms with Crippen molar-refractivity contribution in [3.05, 3.63) is 71.1 Å². The van der Waals surface area contributed by atoms with Gasteiger partial charge in [0.1, 0.15) is 0 Å². The van der Waals surface area contributed by atoms with Crippen LogP contribution in [0.15, 0.2) is 65.5 Å². The largest absolute Gasteiger partial charge is 0.321 e. The molecule has 0 spiro atoms. The third-order valence-electron chi connectivity index (χ3n) is 3.56. The summed E-state index contributed by atoms with van der Waals surface area (Å²) in [6.07, 6.45) is 0. The van der Waals surface area contributed by atoms with Gasteiger partial charge in [0.15, 0.2) is 0 Å². The Morgan fingerprint density at radius 2 is 1.91 bits per heavy atom. The minimum Gasteiger partial charge on any atom is -0.321 e. The molecule has 112 valence electrons. The van der Waals surface area contributed by atoms with Crippen LogP contribution in [-0.2, 0) is 0 Å². The summed E-state index contributed by atoms with van der Waals surface area (Å²) in [6.45, 7) is 0. The van der Waals surface area contributed by atoms with E-state index in [1.54, 1.807) is 16.8 Å². The van der Waals surface area contributed by atoms with Crippen LogP contribution in [0.5, 0.6) is 0 Å². The molecule has 4 rings (SSSR count). The third kappa shape index (κ3) is 2.76. The maximum atomic E-state index is 12.6. The van der Waals surface area contributed by atoms with Gasteiger partial charge in [0.2, 0.25) is 0 Å². The molecule has 0 saturated carbocycles. The number of hydrogen-bond acceptors (Lipinski definition) is 4. The van der Waals surface area contributed by atoms with Crippen molar-refractivity contribution in [2.45, 2.75) is 0 Å². The number of rotatable bonds is 3. The van der Waals surface area contributed by atoms with Crippen molar-refractivity contribution < 1.29 is 4.79 Å². The minimum absolute atomic E-state index is 0.107. The second-order valence-corrected chi connectivity index (χ2v) is 6.85. The lowest BCUT2D eigenvalue weighted by atomic mass is 10.1. The van der Waals surface area contributed by atoms with E-state index in [0.29, 0.717) is 5.56 Å².